The lowest BCUT2D eigenvalue weighted by atomic mass is 10.4. The van der Waals surface area contributed by atoms with Crippen LogP contribution in [0.5, 0.6) is 0 Å². The van der Waals surface area contributed by atoms with E-state index in [0.717, 1.165) is 12.1 Å². The van der Waals surface area contributed by atoms with Crippen molar-refractivity contribution < 1.29 is 4.79 Å². The second-order valence-corrected chi connectivity index (χ2v) is 10.1. The summed E-state index contributed by atoms with van der Waals surface area (Å²) >= 11 is 0. The summed E-state index contributed by atoms with van der Waals surface area (Å²) in [6, 6.07) is 0.713. The van der Waals surface area contributed by atoms with E-state index in [1.54, 1.807) is 0 Å². The van der Waals surface area contributed by atoms with Crippen molar-refractivity contribution in [2.45, 2.75) is 32.1 Å². The largest absolute Gasteiger partial charge is 0.330 e. The summed E-state index contributed by atoms with van der Waals surface area (Å²) in [4.78, 5) is 11.5. The molecule has 0 fully saturated rings. The van der Waals surface area contributed by atoms with E-state index in [0.29, 0.717) is 6.04 Å². The zero-order valence-corrected chi connectivity index (χ0v) is 9.55. The molecule has 0 aromatic carbocycles. The van der Waals surface area contributed by atoms with Gasteiger partial charge < -0.3 is 5.32 Å². The van der Waals surface area contributed by atoms with Gasteiger partial charge in [-0.3, -0.25) is 4.79 Å². The summed E-state index contributed by atoms with van der Waals surface area (Å²) in [5.41, 5.74) is 1.03. The van der Waals surface area contributed by atoms with Gasteiger partial charge in [-0.15, -0.1) is 0 Å². The molecule has 3 heteroatoms. The average molecular weight is 195 g/mol. The lowest BCUT2D eigenvalue weighted by Gasteiger charge is -2.15. The fraction of sp³-hybridized carbons (Fsp3) is 0.500. The highest BCUT2D eigenvalue weighted by atomic mass is 28.3. The molecule has 1 rings (SSSR count). The summed E-state index contributed by atoms with van der Waals surface area (Å²) in [5.74, 6) is 0.175. The molecule has 2 nitrogen and oxygen atoms in total. The van der Waals surface area contributed by atoms with Gasteiger partial charge in [-0.25, -0.2) is 0 Å². The fourth-order valence-corrected chi connectivity index (χ4v) is 2.30. The van der Waals surface area contributed by atoms with E-state index in [9.17, 15) is 4.79 Å². The topological polar surface area (TPSA) is 29.1 Å². The number of allylic oxidation sites excluding steroid dienone is 3. The van der Waals surface area contributed by atoms with Crippen LogP contribution >= 0.6 is 0 Å². The van der Waals surface area contributed by atoms with Gasteiger partial charge in [-0.05, 0) is 6.08 Å². The monoisotopic (exact) mass is 195 g/mol. The van der Waals surface area contributed by atoms with Crippen molar-refractivity contribution in [1.29, 1.82) is 0 Å². The Morgan fingerprint density at radius 3 is 2.69 bits per heavy atom. The lowest BCUT2D eigenvalue weighted by Crippen LogP contribution is -2.31. The fourth-order valence-electron chi connectivity index (χ4n) is 1.24. The maximum Gasteiger partial charge on any atom is 0.221 e. The first-order chi connectivity index (χ1) is 5.97. The van der Waals surface area contributed by atoms with E-state index in [1.807, 2.05) is 18.2 Å². The Labute approximate surface area is 80.7 Å². The molecule has 0 heterocycles. The van der Waals surface area contributed by atoms with Crippen molar-refractivity contribution in [3.05, 3.63) is 23.9 Å². The van der Waals surface area contributed by atoms with E-state index in [-0.39, 0.29) is 5.91 Å². The molecule has 72 valence electrons. The molecule has 0 atom stereocenters. The van der Waals surface area contributed by atoms with Crippen molar-refractivity contribution in [2.75, 3.05) is 0 Å². The Kier molecular flexibility index (Phi) is 3.09. The highest BCUT2D eigenvalue weighted by molar-refractivity contribution is 6.78. The third kappa shape index (κ3) is 4.08. The second-order valence-electron chi connectivity index (χ2n) is 4.61. The first-order valence-electron chi connectivity index (χ1n) is 4.63. The van der Waals surface area contributed by atoms with Crippen molar-refractivity contribution in [1.82, 2.24) is 5.32 Å². The predicted octanol–water partition coefficient (Wildman–Crippen LogP) is 2.28. The zero-order valence-electron chi connectivity index (χ0n) is 8.55. The Bertz CT molecular complexity index is 261. The predicted molar refractivity (Wildman–Crippen MR) is 58.1 cm³/mol. The molecule has 0 spiro atoms. The van der Waals surface area contributed by atoms with Crippen LogP contribution in [0.2, 0.25) is 25.7 Å². The quantitative estimate of drug-likeness (QED) is 0.688. The molecule has 0 saturated heterocycles. The van der Waals surface area contributed by atoms with Gasteiger partial charge in [0.15, 0.2) is 0 Å². The molecule has 0 aliphatic heterocycles. The summed E-state index contributed by atoms with van der Waals surface area (Å²) in [6.07, 6.45) is 6.85. The van der Waals surface area contributed by atoms with Crippen molar-refractivity contribution in [3.63, 3.8) is 0 Å². The summed E-state index contributed by atoms with van der Waals surface area (Å²) in [5, 5.41) is 2.93. The van der Waals surface area contributed by atoms with E-state index in [2.05, 4.69) is 25.0 Å². The highest BCUT2D eigenvalue weighted by Crippen LogP contribution is 2.10. The van der Waals surface area contributed by atoms with Crippen LogP contribution in [0.15, 0.2) is 23.9 Å². The van der Waals surface area contributed by atoms with Crippen LogP contribution in [-0.2, 0) is 4.79 Å². The molecular weight excluding hydrogens is 178 g/mol. The molecule has 1 aliphatic carbocycles. The molecule has 1 N–H and O–H groups in total. The number of hydrogen-bond acceptors (Lipinski definition) is 1. The number of hydrogen-bond donors (Lipinski definition) is 1. The molecule has 0 radical (unpaired) electrons. The number of carbonyl (C=O) groups excluding carboxylic acids is 1. The van der Waals surface area contributed by atoms with Gasteiger partial charge in [-0.1, -0.05) is 31.8 Å². The first-order valence-corrected chi connectivity index (χ1v) is 8.34. The Hall–Kier alpha value is -0.833. The van der Waals surface area contributed by atoms with Crippen LogP contribution < -0.4 is 5.32 Å². The van der Waals surface area contributed by atoms with E-state index < -0.39 is 8.07 Å². The molecule has 1 amide bonds. The summed E-state index contributed by atoms with van der Waals surface area (Å²) < 4.78 is 0. The molecule has 0 aromatic rings. The maximum absolute atomic E-state index is 11.5. The third-order valence-electron chi connectivity index (χ3n) is 1.76. The number of carbonyl (C=O) groups is 1. The van der Waals surface area contributed by atoms with Crippen LogP contribution in [0.3, 0.4) is 0 Å². The van der Waals surface area contributed by atoms with E-state index in [1.165, 1.54) is 0 Å². The lowest BCUT2D eigenvalue weighted by molar-refractivity contribution is -0.118. The van der Waals surface area contributed by atoms with E-state index >= 15 is 0 Å². The summed E-state index contributed by atoms with van der Waals surface area (Å²) in [6.45, 7) is 6.61. The van der Waals surface area contributed by atoms with Crippen LogP contribution in [0.1, 0.15) is 6.42 Å². The van der Waals surface area contributed by atoms with Crippen LogP contribution in [0.4, 0.5) is 0 Å². The van der Waals surface area contributed by atoms with Crippen molar-refractivity contribution >= 4 is 14.0 Å². The molecule has 0 saturated carbocycles. The third-order valence-corrected chi connectivity index (χ3v) is 3.14. The minimum absolute atomic E-state index is 0.175. The van der Waals surface area contributed by atoms with Gasteiger partial charge in [0.2, 0.25) is 5.91 Å². The van der Waals surface area contributed by atoms with Gasteiger partial charge in [0.25, 0.3) is 0 Å². The highest BCUT2D eigenvalue weighted by Gasteiger charge is 2.18. The van der Waals surface area contributed by atoms with Gasteiger partial charge in [-0.2, -0.15) is 0 Å². The molecule has 1 aliphatic rings. The SMILES string of the molecule is C[Si](C)(C)CC(=O)NC1=CC=CC1. The van der Waals surface area contributed by atoms with Crippen LogP contribution in [-0.4, -0.2) is 14.0 Å². The van der Waals surface area contributed by atoms with Gasteiger partial charge >= 0.3 is 0 Å². The first kappa shape index (κ1) is 10.2. The molecule has 0 bridgehead atoms. The maximum atomic E-state index is 11.5. The Morgan fingerprint density at radius 1 is 1.54 bits per heavy atom. The van der Waals surface area contributed by atoms with Crippen LogP contribution in [0, 0.1) is 0 Å². The minimum atomic E-state index is -1.25. The molecular formula is C10H17NOSi. The number of amides is 1. The summed E-state index contributed by atoms with van der Waals surface area (Å²) in [7, 11) is -1.25. The van der Waals surface area contributed by atoms with Crippen molar-refractivity contribution in [3.8, 4) is 0 Å². The average Bonchev–Trinajstić information content (AvgIpc) is 2.34. The standard InChI is InChI=1S/C10H17NOSi/c1-13(2,3)8-10(12)11-9-6-4-5-7-9/h4-6H,7-8H2,1-3H3,(H,11,12). The molecule has 0 unspecified atom stereocenters. The zero-order chi connectivity index (χ0) is 9.90. The van der Waals surface area contributed by atoms with Crippen molar-refractivity contribution in [2.24, 2.45) is 0 Å². The van der Waals surface area contributed by atoms with E-state index in [4.69, 9.17) is 0 Å². The van der Waals surface area contributed by atoms with Gasteiger partial charge in [0.05, 0.1) is 8.07 Å². The van der Waals surface area contributed by atoms with Crippen LogP contribution in [0.25, 0.3) is 0 Å². The van der Waals surface area contributed by atoms with Gasteiger partial charge in [0.1, 0.15) is 0 Å². The number of rotatable bonds is 3. The second kappa shape index (κ2) is 3.92. The Balaban J connectivity index is 2.34. The number of nitrogens with one attached hydrogen (secondary N) is 1. The van der Waals surface area contributed by atoms with Gasteiger partial charge in [0, 0.05) is 18.2 Å². The molecule has 13 heavy (non-hydrogen) atoms. The minimum Gasteiger partial charge on any atom is -0.330 e. The smallest absolute Gasteiger partial charge is 0.221 e. The molecule has 0 aromatic heterocycles. The normalized spacial score (nSPS) is 15.8. The Morgan fingerprint density at radius 2 is 2.23 bits per heavy atom.